The van der Waals surface area contributed by atoms with E-state index in [1.54, 1.807) is 0 Å². The van der Waals surface area contributed by atoms with E-state index >= 15 is 0 Å². The zero-order valence-electron chi connectivity index (χ0n) is 12.9. The number of nitrogens with two attached hydrogens (primary N) is 2. The topological polar surface area (TPSA) is 70.5 Å². The molecule has 1 aliphatic heterocycles. The zero-order chi connectivity index (χ0) is 14.8. The summed E-state index contributed by atoms with van der Waals surface area (Å²) in [6.45, 7) is 6.13. The minimum absolute atomic E-state index is 0.0868. The van der Waals surface area contributed by atoms with Gasteiger partial charge >= 0.3 is 0 Å². The molecule has 0 fully saturated rings. The standard InChI is InChI=1S/C16H30N2O2/c1-13-10-16(19-9-5-7-15(18)11-17)8-4-3-6-14(2)20-12-13/h8,10,14-15H,3-7,9,11-12,17-18H2,1-2H3/b13-10-,16-8+. The molecule has 0 amide bonds. The van der Waals surface area contributed by atoms with Crippen molar-refractivity contribution in [2.24, 2.45) is 11.5 Å². The van der Waals surface area contributed by atoms with Gasteiger partial charge in [0.25, 0.3) is 0 Å². The molecule has 4 nitrogen and oxygen atoms in total. The highest BCUT2D eigenvalue weighted by Crippen LogP contribution is 2.14. The highest BCUT2D eigenvalue weighted by molar-refractivity contribution is 5.18. The van der Waals surface area contributed by atoms with Crippen LogP contribution in [0.1, 0.15) is 46.0 Å². The van der Waals surface area contributed by atoms with Crippen LogP contribution in [0.25, 0.3) is 0 Å². The molecule has 0 aromatic carbocycles. The Bertz CT molecular complexity index is 326. The highest BCUT2D eigenvalue weighted by atomic mass is 16.5. The SMILES string of the molecule is C/C1=C/C(OCCCC(N)CN)=C\CCCC(C)OC1. The summed E-state index contributed by atoms with van der Waals surface area (Å²) in [5, 5.41) is 0. The fourth-order valence-corrected chi connectivity index (χ4v) is 2.10. The number of hydrogen-bond donors (Lipinski definition) is 2. The van der Waals surface area contributed by atoms with E-state index in [1.165, 1.54) is 5.57 Å². The molecule has 0 saturated heterocycles. The molecule has 0 aromatic heterocycles. The molecule has 20 heavy (non-hydrogen) atoms. The molecular weight excluding hydrogens is 252 g/mol. The van der Waals surface area contributed by atoms with Crippen molar-refractivity contribution in [2.75, 3.05) is 19.8 Å². The lowest BCUT2D eigenvalue weighted by molar-refractivity contribution is 0.0750. The van der Waals surface area contributed by atoms with Crippen LogP contribution in [-0.4, -0.2) is 31.9 Å². The molecule has 1 aliphatic rings. The van der Waals surface area contributed by atoms with Crippen LogP contribution < -0.4 is 11.5 Å². The molecule has 2 atom stereocenters. The molecule has 1 rings (SSSR count). The fraction of sp³-hybridized carbons (Fsp3) is 0.750. The van der Waals surface area contributed by atoms with Gasteiger partial charge in [0.2, 0.25) is 0 Å². The summed E-state index contributed by atoms with van der Waals surface area (Å²) in [6.07, 6.45) is 9.73. The van der Waals surface area contributed by atoms with Crippen LogP contribution in [0.2, 0.25) is 0 Å². The van der Waals surface area contributed by atoms with Gasteiger partial charge in [-0.2, -0.15) is 0 Å². The van der Waals surface area contributed by atoms with Crippen LogP contribution in [0.5, 0.6) is 0 Å². The molecule has 1 heterocycles. The van der Waals surface area contributed by atoms with Crippen LogP contribution in [0.4, 0.5) is 0 Å². The fourth-order valence-electron chi connectivity index (χ4n) is 2.10. The smallest absolute Gasteiger partial charge is 0.115 e. The van der Waals surface area contributed by atoms with Crippen molar-refractivity contribution in [2.45, 2.75) is 58.1 Å². The quantitative estimate of drug-likeness (QED) is 0.734. The monoisotopic (exact) mass is 282 g/mol. The molecule has 0 aromatic rings. The minimum atomic E-state index is 0.0868. The van der Waals surface area contributed by atoms with Crippen molar-refractivity contribution in [1.29, 1.82) is 0 Å². The summed E-state index contributed by atoms with van der Waals surface area (Å²) < 4.78 is 11.6. The first-order chi connectivity index (χ1) is 9.61. The second-order valence-electron chi connectivity index (χ2n) is 5.64. The van der Waals surface area contributed by atoms with Crippen molar-refractivity contribution in [3.8, 4) is 0 Å². The third-order valence-corrected chi connectivity index (χ3v) is 3.44. The van der Waals surface area contributed by atoms with Gasteiger partial charge < -0.3 is 20.9 Å². The lowest BCUT2D eigenvalue weighted by Crippen LogP contribution is -2.29. The zero-order valence-corrected chi connectivity index (χ0v) is 12.9. The highest BCUT2D eigenvalue weighted by Gasteiger charge is 2.06. The molecule has 4 N–H and O–H groups in total. The van der Waals surface area contributed by atoms with Gasteiger partial charge in [-0.25, -0.2) is 0 Å². The van der Waals surface area contributed by atoms with Crippen molar-refractivity contribution >= 4 is 0 Å². The number of allylic oxidation sites excluding steroid dienone is 2. The lowest BCUT2D eigenvalue weighted by atomic mass is 10.1. The summed E-state index contributed by atoms with van der Waals surface area (Å²) in [4.78, 5) is 0. The Balaban J connectivity index is 2.40. The van der Waals surface area contributed by atoms with E-state index in [1.807, 2.05) is 0 Å². The van der Waals surface area contributed by atoms with Crippen molar-refractivity contribution in [1.82, 2.24) is 0 Å². The molecule has 0 saturated carbocycles. The third-order valence-electron chi connectivity index (χ3n) is 3.44. The van der Waals surface area contributed by atoms with Crippen molar-refractivity contribution in [3.63, 3.8) is 0 Å². The Kier molecular flexibility index (Phi) is 8.58. The average Bonchev–Trinajstić information content (AvgIpc) is 2.44. The van der Waals surface area contributed by atoms with Gasteiger partial charge in [-0.3, -0.25) is 0 Å². The van der Waals surface area contributed by atoms with E-state index in [4.69, 9.17) is 20.9 Å². The number of rotatable bonds is 6. The number of ether oxygens (including phenoxy) is 2. The first kappa shape index (κ1) is 17.2. The maximum atomic E-state index is 5.84. The normalized spacial score (nSPS) is 27.9. The first-order valence-corrected chi connectivity index (χ1v) is 7.69. The van der Waals surface area contributed by atoms with E-state index in [9.17, 15) is 0 Å². The predicted molar refractivity (Wildman–Crippen MR) is 83.3 cm³/mol. The molecule has 4 heteroatoms. The third kappa shape index (κ3) is 7.68. The first-order valence-electron chi connectivity index (χ1n) is 7.69. The predicted octanol–water partition coefficient (Wildman–Crippen LogP) is 2.49. The number of hydrogen-bond acceptors (Lipinski definition) is 4. The molecule has 2 unspecified atom stereocenters. The lowest BCUT2D eigenvalue weighted by Gasteiger charge is -2.16. The molecule has 116 valence electrons. The van der Waals surface area contributed by atoms with Crippen LogP contribution in [0.3, 0.4) is 0 Å². The Morgan fingerprint density at radius 1 is 1.50 bits per heavy atom. The summed E-state index contributed by atoms with van der Waals surface area (Å²) in [7, 11) is 0. The van der Waals surface area contributed by atoms with Crippen LogP contribution >= 0.6 is 0 Å². The van der Waals surface area contributed by atoms with Gasteiger partial charge in [-0.15, -0.1) is 0 Å². The van der Waals surface area contributed by atoms with Gasteiger partial charge in [0.05, 0.1) is 19.3 Å². The Labute approximate surface area is 123 Å². The maximum Gasteiger partial charge on any atom is 0.115 e. The molecular formula is C16H30N2O2. The Hall–Kier alpha value is -0.840. The average molecular weight is 282 g/mol. The van der Waals surface area contributed by atoms with Gasteiger partial charge in [-0.05, 0) is 63.7 Å². The minimum Gasteiger partial charge on any atom is -0.494 e. The molecule has 0 aliphatic carbocycles. The summed E-state index contributed by atoms with van der Waals surface area (Å²) in [6, 6.07) is 0.0868. The van der Waals surface area contributed by atoms with E-state index in [0.717, 1.165) is 37.9 Å². The van der Waals surface area contributed by atoms with Crippen molar-refractivity contribution in [3.05, 3.63) is 23.5 Å². The van der Waals surface area contributed by atoms with E-state index in [0.29, 0.717) is 25.9 Å². The van der Waals surface area contributed by atoms with Crippen LogP contribution in [-0.2, 0) is 9.47 Å². The molecule has 0 spiro atoms. The molecule has 0 radical (unpaired) electrons. The molecule has 0 bridgehead atoms. The van der Waals surface area contributed by atoms with Gasteiger partial charge in [0.1, 0.15) is 5.76 Å². The largest absolute Gasteiger partial charge is 0.494 e. The van der Waals surface area contributed by atoms with E-state index in [2.05, 4.69) is 26.0 Å². The van der Waals surface area contributed by atoms with Crippen LogP contribution in [0, 0.1) is 0 Å². The summed E-state index contributed by atoms with van der Waals surface area (Å²) in [5.41, 5.74) is 12.5. The van der Waals surface area contributed by atoms with Gasteiger partial charge in [-0.1, -0.05) is 0 Å². The summed E-state index contributed by atoms with van der Waals surface area (Å²) >= 11 is 0. The van der Waals surface area contributed by atoms with Gasteiger partial charge in [0, 0.05) is 12.6 Å². The Morgan fingerprint density at radius 3 is 3.05 bits per heavy atom. The van der Waals surface area contributed by atoms with E-state index in [-0.39, 0.29) is 6.04 Å². The van der Waals surface area contributed by atoms with E-state index < -0.39 is 0 Å². The second-order valence-corrected chi connectivity index (χ2v) is 5.64. The Morgan fingerprint density at radius 2 is 2.30 bits per heavy atom. The second kappa shape index (κ2) is 9.97. The maximum absolute atomic E-state index is 5.84. The van der Waals surface area contributed by atoms with Crippen molar-refractivity contribution < 1.29 is 9.47 Å². The van der Waals surface area contributed by atoms with Crippen LogP contribution in [0.15, 0.2) is 23.5 Å². The summed E-state index contributed by atoms with van der Waals surface area (Å²) in [5.74, 6) is 0.960. The van der Waals surface area contributed by atoms with Gasteiger partial charge in [0.15, 0.2) is 0 Å².